The maximum absolute atomic E-state index is 13.2. The molecule has 1 aromatic carbocycles. The van der Waals surface area contributed by atoms with E-state index in [1.807, 2.05) is 0 Å². The van der Waals surface area contributed by atoms with Crippen LogP contribution in [0, 0.1) is 11.7 Å². The topological polar surface area (TPSA) is 32.3 Å². The third-order valence-electron chi connectivity index (χ3n) is 4.67. The van der Waals surface area contributed by atoms with Crippen LogP contribution in [0.3, 0.4) is 0 Å². The van der Waals surface area contributed by atoms with Gasteiger partial charge in [0.2, 0.25) is 0 Å². The molecule has 118 valence electrons. The van der Waals surface area contributed by atoms with Crippen molar-refractivity contribution in [2.24, 2.45) is 5.92 Å². The Kier molecular flexibility index (Phi) is 4.39. The minimum Gasteiger partial charge on any atom is -0.347 e. The Hall–Kier alpha value is -1.17. The van der Waals surface area contributed by atoms with Gasteiger partial charge in [0.1, 0.15) is 5.82 Å². The van der Waals surface area contributed by atoms with E-state index in [1.165, 1.54) is 49.4 Å². The average molecular weight is 341 g/mol. The zero-order valence-electron chi connectivity index (χ0n) is 12.0. The molecule has 0 aliphatic carbocycles. The average Bonchev–Trinajstić information content (AvgIpc) is 2.91. The second-order valence-corrected chi connectivity index (χ2v) is 7.09. The molecule has 3 fully saturated rings. The van der Waals surface area contributed by atoms with Crippen molar-refractivity contribution in [3.05, 3.63) is 35.0 Å². The number of piperidine rings is 3. The minimum absolute atomic E-state index is 0. The number of amides is 1. The Morgan fingerprint density at radius 1 is 1.27 bits per heavy atom. The van der Waals surface area contributed by atoms with Gasteiger partial charge in [-0.2, -0.15) is 0 Å². The number of nitrogens with one attached hydrogen (secondary N) is 1. The molecule has 6 heteroatoms. The summed E-state index contributed by atoms with van der Waals surface area (Å²) in [5.74, 6) is 0.339. The molecule has 1 aromatic heterocycles. The van der Waals surface area contributed by atoms with Crippen molar-refractivity contribution >= 4 is 39.7 Å². The first-order valence-electron chi connectivity index (χ1n) is 7.41. The lowest BCUT2D eigenvalue weighted by atomic mass is 9.84. The van der Waals surface area contributed by atoms with Gasteiger partial charge < -0.3 is 10.2 Å². The number of rotatable bonds is 2. The minimum atomic E-state index is -0.260. The molecule has 0 spiro atoms. The van der Waals surface area contributed by atoms with Gasteiger partial charge in [-0.15, -0.1) is 23.7 Å². The fourth-order valence-corrected chi connectivity index (χ4v) is 4.44. The van der Waals surface area contributed by atoms with Crippen molar-refractivity contribution in [3.8, 4) is 0 Å². The standard InChI is InChI=1S/C16H17FN2OS.ClH/c17-12-1-2-14-11(7-12)8-15(21-14)16(20)18-13-9-19-5-3-10(13)4-6-19;/h1-2,7-8,10,13H,3-6,9H2,(H,18,20);1H/t13-;/m1./s1. The first kappa shape index (κ1) is 15.7. The number of nitrogens with zero attached hydrogens (tertiary/aromatic N) is 1. The summed E-state index contributed by atoms with van der Waals surface area (Å²) < 4.78 is 14.2. The molecule has 3 aliphatic rings. The fraction of sp³-hybridized carbons (Fsp3) is 0.438. The number of thiophene rings is 1. The quantitative estimate of drug-likeness (QED) is 0.910. The van der Waals surface area contributed by atoms with E-state index in [0.29, 0.717) is 10.8 Å². The van der Waals surface area contributed by atoms with E-state index in [0.717, 1.165) is 16.6 Å². The smallest absolute Gasteiger partial charge is 0.261 e. The summed E-state index contributed by atoms with van der Waals surface area (Å²) >= 11 is 1.43. The monoisotopic (exact) mass is 340 g/mol. The molecule has 1 atom stereocenters. The molecule has 5 rings (SSSR count). The Balaban J connectivity index is 0.00000144. The first-order valence-corrected chi connectivity index (χ1v) is 8.23. The number of carbonyl (C=O) groups is 1. The highest BCUT2D eigenvalue weighted by Crippen LogP contribution is 2.29. The Morgan fingerprint density at radius 2 is 2.05 bits per heavy atom. The van der Waals surface area contributed by atoms with Crippen LogP contribution < -0.4 is 5.32 Å². The molecule has 0 radical (unpaired) electrons. The normalized spacial score (nSPS) is 26.7. The second kappa shape index (κ2) is 6.14. The van der Waals surface area contributed by atoms with Crippen LogP contribution in [0.25, 0.3) is 10.1 Å². The maximum Gasteiger partial charge on any atom is 0.261 e. The van der Waals surface area contributed by atoms with Gasteiger partial charge in [-0.05, 0) is 61.5 Å². The van der Waals surface area contributed by atoms with Crippen molar-refractivity contribution in [1.29, 1.82) is 0 Å². The molecular weight excluding hydrogens is 323 g/mol. The van der Waals surface area contributed by atoms with Gasteiger partial charge in [0, 0.05) is 17.3 Å². The molecule has 3 nitrogen and oxygen atoms in total. The van der Waals surface area contributed by atoms with Crippen LogP contribution in [-0.4, -0.2) is 36.5 Å². The van der Waals surface area contributed by atoms with Crippen molar-refractivity contribution in [1.82, 2.24) is 10.2 Å². The zero-order chi connectivity index (χ0) is 14.4. The molecule has 2 aromatic rings. The predicted octanol–water partition coefficient (Wildman–Crippen LogP) is 3.29. The third kappa shape index (κ3) is 2.85. The molecule has 0 unspecified atom stereocenters. The van der Waals surface area contributed by atoms with Crippen LogP contribution in [0.2, 0.25) is 0 Å². The maximum atomic E-state index is 13.2. The van der Waals surface area contributed by atoms with Crippen molar-refractivity contribution in [2.75, 3.05) is 19.6 Å². The number of halogens is 2. The van der Waals surface area contributed by atoms with Gasteiger partial charge in [-0.1, -0.05) is 0 Å². The van der Waals surface area contributed by atoms with E-state index in [1.54, 1.807) is 12.1 Å². The van der Waals surface area contributed by atoms with Crippen LogP contribution in [0.15, 0.2) is 24.3 Å². The fourth-order valence-electron chi connectivity index (χ4n) is 3.49. The Morgan fingerprint density at radius 3 is 2.73 bits per heavy atom. The van der Waals surface area contributed by atoms with Gasteiger partial charge >= 0.3 is 0 Å². The lowest BCUT2D eigenvalue weighted by Gasteiger charge is -2.44. The largest absolute Gasteiger partial charge is 0.347 e. The Bertz CT molecular complexity index is 697. The van der Waals surface area contributed by atoms with E-state index >= 15 is 0 Å². The highest BCUT2D eigenvalue weighted by molar-refractivity contribution is 7.20. The summed E-state index contributed by atoms with van der Waals surface area (Å²) in [7, 11) is 0. The lowest BCUT2D eigenvalue weighted by molar-refractivity contribution is 0.0622. The number of carbonyl (C=O) groups excluding carboxylic acids is 1. The van der Waals surface area contributed by atoms with Gasteiger partial charge in [-0.3, -0.25) is 4.79 Å². The van der Waals surface area contributed by atoms with Crippen molar-refractivity contribution in [3.63, 3.8) is 0 Å². The SMILES string of the molecule is Cl.O=C(N[C@@H]1CN2CCC1CC2)c1cc2cc(F)ccc2s1. The molecular formula is C16H18ClFN2OS. The van der Waals surface area contributed by atoms with Gasteiger partial charge in [0.15, 0.2) is 0 Å². The molecule has 1 N–H and O–H groups in total. The number of hydrogen-bond acceptors (Lipinski definition) is 3. The summed E-state index contributed by atoms with van der Waals surface area (Å²) in [6.07, 6.45) is 2.37. The molecule has 1 amide bonds. The first-order chi connectivity index (χ1) is 10.2. The van der Waals surface area contributed by atoms with Crippen LogP contribution in [0.4, 0.5) is 4.39 Å². The number of hydrogen-bond donors (Lipinski definition) is 1. The lowest BCUT2D eigenvalue weighted by Crippen LogP contribution is -2.57. The molecule has 0 saturated carbocycles. The number of benzene rings is 1. The Labute approximate surface area is 138 Å². The second-order valence-electron chi connectivity index (χ2n) is 6.01. The molecule has 3 saturated heterocycles. The molecule has 2 bridgehead atoms. The summed E-state index contributed by atoms with van der Waals surface area (Å²) in [6.45, 7) is 3.30. The summed E-state index contributed by atoms with van der Waals surface area (Å²) in [5.41, 5.74) is 0. The van der Waals surface area contributed by atoms with E-state index < -0.39 is 0 Å². The highest BCUT2D eigenvalue weighted by Gasteiger charge is 2.35. The highest BCUT2D eigenvalue weighted by atomic mass is 35.5. The van der Waals surface area contributed by atoms with E-state index in [-0.39, 0.29) is 30.2 Å². The summed E-state index contributed by atoms with van der Waals surface area (Å²) in [6, 6.07) is 6.72. The van der Waals surface area contributed by atoms with E-state index in [2.05, 4.69) is 10.2 Å². The van der Waals surface area contributed by atoms with Gasteiger partial charge in [-0.25, -0.2) is 4.39 Å². The van der Waals surface area contributed by atoms with Crippen molar-refractivity contribution < 1.29 is 9.18 Å². The summed E-state index contributed by atoms with van der Waals surface area (Å²) in [5, 5.41) is 3.98. The van der Waals surface area contributed by atoms with Crippen LogP contribution >= 0.6 is 23.7 Å². The number of fused-ring (bicyclic) bond motifs is 4. The van der Waals surface area contributed by atoms with Crippen molar-refractivity contribution in [2.45, 2.75) is 18.9 Å². The van der Waals surface area contributed by atoms with Gasteiger partial charge in [0.25, 0.3) is 5.91 Å². The van der Waals surface area contributed by atoms with Crippen LogP contribution in [-0.2, 0) is 0 Å². The molecule has 3 aliphatic heterocycles. The summed E-state index contributed by atoms with van der Waals surface area (Å²) in [4.78, 5) is 15.5. The third-order valence-corrected chi connectivity index (χ3v) is 5.79. The molecule has 22 heavy (non-hydrogen) atoms. The van der Waals surface area contributed by atoms with Crippen LogP contribution in [0.5, 0.6) is 0 Å². The van der Waals surface area contributed by atoms with Crippen LogP contribution in [0.1, 0.15) is 22.5 Å². The predicted molar refractivity (Wildman–Crippen MR) is 89.4 cm³/mol. The zero-order valence-corrected chi connectivity index (χ0v) is 13.7. The molecule has 4 heterocycles. The van der Waals surface area contributed by atoms with E-state index in [4.69, 9.17) is 0 Å². The van der Waals surface area contributed by atoms with Gasteiger partial charge in [0.05, 0.1) is 4.88 Å². The van der Waals surface area contributed by atoms with E-state index in [9.17, 15) is 9.18 Å².